The zero-order valence-electron chi connectivity index (χ0n) is 14.3. The molecule has 1 aliphatic rings. The summed E-state index contributed by atoms with van der Waals surface area (Å²) >= 11 is 0. The normalized spacial score (nSPS) is 17.9. The highest BCUT2D eigenvalue weighted by molar-refractivity contribution is 7.89. The van der Waals surface area contributed by atoms with Crippen molar-refractivity contribution in [3.8, 4) is 17.5 Å². The summed E-state index contributed by atoms with van der Waals surface area (Å²) in [7, 11) is -1.15. The molecule has 0 aliphatic carbocycles. The summed E-state index contributed by atoms with van der Waals surface area (Å²) in [4.78, 5) is 7.83. The number of benzene rings is 1. The van der Waals surface area contributed by atoms with Crippen molar-refractivity contribution in [2.45, 2.75) is 17.4 Å². The quantitative estimate of drug-likeness (QED) is 0.746. The van der Waals surface area contributed by atoms with Gasteiger partial charge in [0.25, 0.3) is 11.8 Å². The van der Waals surface area contributed by atoms with Crippen molar-refractivity contribution in [3.63, 3.8) is 0 Å². The molecule has 0 N–H and O–H groups in total. The summed E-state index contributed by atoms with van der Waals surface area (Å²) in [5.74, 6) is -0.143. The van der Waals surface area contributed by atoms with Gasteiger partial charge in [0.2, 0.25) is 10.0 Å². The van der Waals surface area contributed by atoms with Crippen molar-refractivity contribution < 1.29 is 27.0 Å². The molecular formula is C16H18FN3O5S. The Kier molecular flexibility index (Phi) is 5.23. The molecule has 1 aliphatic heterocycles. The van der Waals surface area contributed by atoms with Crippen LogP contribution in [0.1, 0.15) is 6.42 Å². The van der Waals surface area contributed by atoms with Gasteiger partial charge in [-0.25, -0.2) is 22.8 Å². The van der Waals surface area contributed by atoms with Crippen molar-refractivity contribution in [2.75, 3.05) is 27.3 Å². The maximum Gasteiger partial charge on any atom is 0.278 e. The number of ether oxygens (including phenoxy) is 3. The van der Waals surface area contributed by atoms with Gasteiger partial charge in [0.15, 0.2) is 0 Å². The Hall–Kier alpha value is -2.46. The molecule has 8 nitrogen and oxygen atoms in total. The third-order valence-electron chi connectivity index (χ3n) is 3.96. The molecule has 0 radical (unpaired) electrons. The van der Waals surface area contributed by atoms with Crippen LogP contribution in [0.3, 0.4) is 0 Å². The monoisotopic (exact) mass is 383 g/mol. The molecule has 1 atom stereocenters. The molecule has 1 aromatic carbocycles. The summed E-state index contributed by atoms with van der Waals surface area (Å²) in [6.45, 7) is 0.330. The van der Waals surface area contributed by atoms with Crippen molar-refractivity contribution in [2.24, 2.45) is 0 Å². The molecule has 2 heterocycles. The first-order chi connectivity index (χ1) is 12.5. The maximum absolute atomic E-state index is 13.6. The number of methoxy groups -OCH3 is 2. The van der Waals surface area contributed by atoms with Crippen LogP contribution < -0.4 is 14.2 Å². The van der Waals surface area contributed by atoms with Crippen LogP contribution in [0.4, 0.5) is 4.39 Å². The fraction of sp³-hybridized carbons (Fsp3) is 0.375. The van der Waals surface area contributed by atoms with Crippen LogP contribution in [0.5, 0.6) is 17.5 Å². The predicted molar refractivity (Wildman–Crippen MR) is 89.3 cm³/mol. The zero-order valence-corrected chi connectivity index (χ0v) is 15.1. The minimum Gasteiger partial charge on any atom is -0.495 e. The minimum absolute atomic E-state index is 0.0892. The highest BCUT2D eigenvalue weighted by Gasteiger charge is 2.36. The lowest BCUT2D eigenvalue weighted by Gasteiger charge is -2.19. The number of hydrogen-bond donors (Lipinski definition) is 0. The first kappa shape index (κ1) is 18.3. The average Bonchev–Trinajstić information content (AvgIpc) is 3.11. The molecule has 2 aromatic rings. The third-order valence-corrected chi connectivity index (χ3v) is 5.84. The first-order valence-electron chi connectivity index (χ1n) is 7.81. The van der Waals surface area contributed by atoms with E-state index in [4.69, 9.17) is 14.2 Å². The predicted octanol–water partition coefficient (Wildman–Crippen LogP) is 1.47. The lowest BCUT2D eigenvalue weighted by molar-refractivity contribution is 0.194. The Morgan fingerprint density at radius 3 is 2.58 bits per heavy atom. The van der Waals surface area contributed by atoms with Gasteiger partial charge in [-0.2, -0.15) is 4.31 Å². The van der Waals surface area contributed by atoms with Gasteiger partial charge in [-0.3, -0.25) is 0 Å². The number of sulfonamides is 1. The fourth-order valence-electron chi connectivity index (χ4n) is 2.69. The van der Waals surface area contributed by atoms with Gasteiger partial charge in [0, 0.05) is 18.9 Å². The largest absolute Gasteiger partial charge is 0.495 e. The minimum atomic E-state index is -3.92. The summed E-state index contributed by atoms with van der Waals surface area (Å²) in [6, 6.07) is 3.39. The number of hydrogen-bond acceptors (Lipinski definition) is 7. The van der Waals surface area contributed by atoms with E-state index in [0.717, 1.165) is 12.1 Å². The van der Waals surface area contributed by atoms with E-state index in [1.54, 1.807) is 0 Å². The summed E-state index contributed by atoms with van der Waals surface area (Å²) in [6.07, 6.45) is 2.96. The van der Waals surface area contributed by atoms with Crippen LogP contribution in [-0.2, 0) is 10.0 Å². The smallest absolute Gasteiger partial charge is 0.278 e. The third kappa shape index (κ3) is 3.56. The molecule has 26 heavy (non-hydrogen) atoms. The van der Waals surface area contributed by atoms with Crippen LogP contribution in [0.15, 0.2) is 35.5 Å². The molecule has 0 bridgehead atoms. The Bertz CT molecular complexity index is 893. The lowest BCUT2D eigenvalue weighted by Crippen LogP contribution is -2.31. The molecule has 0 amide bonds. The SMILES string of the molecule is COc1ccc(F)cc1S(=O)(=O)N1CCC(Oc2nccnc2OC)C1. The first-order valence-corrected chi connectivity index (χ1v) is 9.25. The molecule has 1 fully saturated rings. The van der Waals surface area contributed by atoms with E-state index >= 15 is 0 Å². The summed E-state index contributed by atoms with van der Waals surface area (Å²) in [5, 5.41) is 0. The van der Waals surface area contributed by atoms with E-state index in [1.165, 1.54) is 37.0 Å². The van der Waals surface area contributed by atoms with E-state index < -0.39 is 21.9 Å². The highest BCUT2D eigenvalue weighted by Crippen LogP contribution is 2.31. The molecule has 1 unspecified atom stereocenters. The van der Waals surface area contributed by atoms with Gasteiger partial charge < -0.3 is 14.2 Å². The molecule has 1 aromatic heterocycles. The summed E-state index contributed by atoms with van der Waals surface area (Å²) in [5.41, 5.74) is 0. The van der Waals surface area contributed by atoms with E-state index in [1.807, 2.05) is 0 Å². The van der Waals surface area contributed by atoms with Crippen molar-refractivity contribution in [3.05, 3.63) is 36.4 Å². The van der Waals surface area contributed by atoms with Crippen LogP contribution in [0.25, 0.3) is 0 Å². The van der Waals surface area contributed by atoms with Gasteiger partial charge in [0.05, 0.1) is 20.8 Å². The van der Waals surface area contributed by atoms with Crippen molar-refractivity contribution in [1.82, 2.24) is 14.3 Å². The molecule has 0 spiro atoms. The Morgan fingerprint density at radius 2 is 1.88 bits per heavy atom. The van der Waals surface area contributed by atoms with Crippen molar-refractivity contribution >= 4 is 10.0 Å². The second-order valence-corrected chi connectivity index (χ2v) is 7.46. The molecule has 1 saturated heterocycles. The van der Waals surface area contributed by atoms with E-state index in [-0.39, 0.29) is 35.5 Å². The van der Waals surface area contributed by atoms with Gasteiger partial charge in [-0.15, -0.1) is 0 Å². The van der Waals surface area contributed by atoms with E-state index in [2.05, 4.69) is 9.97 Å². The molecule has 0 saturated carbocycles. The average molecular weight is 383 g/mol. The Morgan fingerprint density at radius 1 is 1.15 bits per heavy atom. The zero-order chi connectivity index (χ0) is 18.7. The second-order valence-electron chi connectivity index (χ2n) is 5.56. The topological polar surface area (TPSA) is 90.9 Å². The van der Waals surface area contributed by atoms with Crippen molar-refractivity contribution in [1.29, 1.82) is 0 Å². The van der Waals surface area contributed by atoms with Gasteiger partial charge in [-0.1, -0.05) is 0 Å². The second kappa shape index (κ2) is 7.42. The molecule has 3 rings (SSSR count). The summed E-state index contributed by atoms with van der Waals surface area (Å²) < 4.78 is 56.4. The number of nitrogens with zero attached hydrogens (tertiary/aromatic N) is 3. The van der Waals surface area contributed by atoms with Crippen LogP contribution >= 0.6 is 0 Å². The lowest BCUT2D eigenvalue weighted by atomic mass is 10.3. The highest BCUT2D eigenvalue weighted by atomic mass is 32.2. The molecular weight excluding hydrogens is 365 g/mol. The number of aromatic nitrogens is 2. The Balaban J connectivity index is 1.79. The van der Waals surface area contributed by atoms with Gasteiger partial charge in [0.1, 0.15) is 22.6 Å². The number of rotatable bonds is 6. The van der Waals surface area contributed by atoms with E-state index in [0.29, 0.717) is 6.42 Å². The Labute approximate surface area is 150 Å². The molecule has 140 valence electrons. The van der Waals surface area contributed by atoms with Gasteiger partial charge in [-0.05, 0) is 24.6 Å². The number of halogens is 1. The van der Waals surface area contributed by atoms with E-state index in [9.17, 15) is 12.8 Å². The maximum atomic E-state index is 13.6. The fourth-order valence-corrected chi connectivity index (χ4v) is 4.35. The standard InChI is InChI=1S/C16H18FN3O5S/c1-23-13-4-3-11(17)9-14(13)26(21,22)20-8-5-12(10-20)25-16-15(24-2)18-6-7-19-16/h3-4,6-7,9,12H,5,8,10H2,1-2H3. The molecule has 10 heteroatoms. The van der Waals surface area contributed by atoms with Crippen LogP contribution in [0.2, 0.25) is 0 Å². The van der Waals surface area contributed by atoms with Crippen LogP contribution in [0, 0.1) is 5.82 Å². The van der Waals surface area contributed by atoms with Gasteiger partial charge >= 0.3 is 0 Å². The van der Waals surface area contributed by atoms with Crippen LogP contribution in [-0.4, -0.2) is 56.1 Å².